The number of amides is 1. The van der Waals surface area contributed by atoms with Gasteiger partial charge in [0.2, 0.25) is 0 Å². The number of nitrogens with zero attached hydrogens (tertiary/aromatic N) is 2. The third-order valence-electron chi connectivity index (χ3n) is 3.99. The van der Waals surface area contributed by atoms with Crippen molar-refractivity contribution in [1.82, 2.24) is 15.1 Å². The zero-order valence-electron chi connectivity index (χ0n) is 14.0. The molecule has 2 heterocycles. The van der Waals surface area contributed by atoms with Crippen molar-refractivity contribution in [2.24, 2.45) is 0 Å². The van der Waals surface area contributed by atoms with E-state index >= 15 is 0 Å². The topological polar surface area (TPSA) is 59.0 Å². The third-order valence-corrected chi connectivity index (χ3v) is 3.99. The number of hydrogen-bond donors (Lipinski definition) is 2. The smallest absolute Gasteiger partial charge is 0.258 e. The van der Waals surface area contributed by atoms with Crippen LogP contribution >= 0.6 is 12.4 Å². The second kappa shape index (κ2) is 6.91. The molecule has 1 aromatic heterocycles. The molecule has 7 heteroatoms. The highest BCUT2D eigenvalue weighted by molar-refractivity contribution is 6.04. The number of fused-ring (bicyclic) bond motifs is 1. The van der Waals surface area contributed by atoms with Gasteiger partial charge in [-0.1, -0.05) is 6.07 Å². The fourth-order valence-electron chi connectivity index (χ4n) is 2.63. The number of hydrogen-bond acceptors (Lipinski definition) is 3. The van der Waals surface area contributed by atoms with Crippen LogP contribution in [0.25, 0.3) is 0 Å². The van der Waals surface area contributed by atoms with Crippen LogP contribution in [0.1, 0.15) is 42.3 Å². The summed E-state index contributed by atoms with van der Waals surface area (Å²) in [6, 6.07) is 3.48. The molecule has 0 fully saturated rings. The highest BCUT2D eigenvalue weighted by Crippen LogP contribution is 2.25. The average Bonchev–Trinajstić information content (AvgIpc) is 3.00. The summed E-state index contributed by atoms with van der Waals surface area (Å²) in [5, 5.41) is 10.1. The lowest BCUT2D eigenvalue weighted by Crippen LogP contribution is -2.25. The minimum atomic E-state index is -0.353. The van der Waals surface area contributed by atoms with Gasteiger partial charge in [-0.3, -0.25) is 9.48 Å². The van der Waals surface area contributed by atoms with E-state index in [9.17, 15) is 9.18 Å². The molecule has 0 aliphatic carbocycles. The quantitative estimate of drug-likeness (QED) is 0.873. The molecule has 1 aromatic carbocycles. The lowest BCUT2D eigenvalue weighted by molar-refractivity contribution is 0.102. The van der Waals surface area contributed by atoms with Gasteiger partial charge in [0.05, 0.1) is 23.0 Å². The maximum absolute atomic E-state index is 14.6. The third kappa shape index (κ3) is 3.60. The van der Waals surface area contributed by atoms with Gasteiger partial charge in [0.25, 0.3) is 5.91 Å². The molecule has 3 rings (SSSR count). The van der Waals surface area contributed by atoms with Crippen molar-refractivity contribution in [2.75, 3.05) is 11.9 Å². The molecule has 2 aromatic rings. The second-order valence-corrected chi connectivity index (χ2v) is 6.79. The largest absolute Gasteiger partial charge is 0.319 e. The molecule has 0 saturated heterocycles. The standard InChI is InChI=1S/C17H21FN4O.ClH/c1-17(2,3)22-10-12(9-20-22)16(23)21-14-5-4-11-8-19-7-6-13(11)15(14)18;/h4-5,9-10,19H,6-8H2,1-3H3,(H,21,23);1H. The van der Waals surface area contributed by atoms with Crippen LogP contribution in [-0.4, -0.2) is 22.2 Å². The predicted molar refractivity (Wildman–Crippen MR) is 94.2 cm³/mol. The summed E-state index contributed by atoms with van der Waals surface area (Å²) in [5.41, 5.74) is 2.07. The molecule has 0 radical (unpaired) electrons. The molecular formula is C17H22ClFN4O. The Bertz CT molecular complexity index is 752. The number of carbonyl (C=O) groups is 1. The summed E-state index contributed by atoms with van der Waals surface area (Å²) in [6.45, 7) is 7.41. The molecule has 1 aliphatic heterocycles. The van der Waals surface area contributed by atoms with Crippen molar-refractivity contribution >= 4 is 24.0 Å². The van der Waals surface area contributed by atoms with Crippen molar-refractivity contribution in [3.63, 3.8) is 0 Å². The molecule has 1 amide bonds. The van der Waals surface area contributed by atoms with Gasteiger partial charge < -0.3 is 10.6 Å². The highest BCUT2D eigenvalue weighted by atomic mass is 35.5. The van der Waals surface area contributed by atoms with Gasteiger partial charge in [-0.2, -0.15) is 5.10 Å². The Morgan fingerprint density at radius 1 is 1.38 bits per heavy atom. The van der Waals surface area contributed by atoms with E-state index in [1.54, 1.807) is 16.9 Å². The summed E-state index contributed by atoms with van der Waals surface area (Å²) >= 11 is 0. The summed E-state index contributed by atoms with van der Waals surface area (Å²) in [7, 11) is 0. The van der Waals surface area contributed by atoms with Crippen molar-refractivity contribution in [1.29, 1.82) is 0 Å². The highest BCUT2D eigenvalue weighted by Gasteiger charge is 2.20. The minimum absolute atomic E-state index is 0. The Labute approximate surface area is 147 Å². The van der Waals surface area contributed by atoms with Crippen LogP contribution in [-0.2, 0) is 18.5 Å². The summed E-state index contributed by atoms with van der Waals surface area (Å²) in [4.78, 5) is 12.3. The zero-order valence-corrected chi connectivity index (χ0v) is 14.8. The predicted octanol–water partition coefficient (Wildman–Crippen LogP) is 3.10. The Morgan fingerprint density at radius 2 is 2.12 bits per heavy atom. The number of anilines is 1. The van der Waals surface area contributed by atoms with E-state index < -0.39 is 0 Å². The van der Waals surface area contributed by atoms with E-state index in [2.05, 4.69) is 15.7 Å². The van der Waals surface area contributed by atoms with Crippen LogP contribution in [0.3, 0.4) is 0 Å². The van der Waals surface area contributed by atoms with Crippen LogP contribution in [0.2, 0.25) is 0 Å². The first-order valence-corrected chi connectivity index (χ1v) is 7.74. The van der Waals surface area contributed by atoms with Crippen LogP contribution in [0, 0.1) is 5.82 Å². The molecule has 0 atom stereocenters. The van der Waals surface area contributed by atoms with Crippen LogP contribution in [0.5, 0.6) is 0 Å². The van der Waals surface area contributed by atoms with E-state index in [4.69, 9.17) is 0 Å². The number of carbonyl (C=O) groups excluding carboxylic acids is 1. The average molecular weight is 353 g/mol. The zero-order chi connectivity index (χ0) is 16.6. The fourth-order valence-corrected chi connectivity index (χ4v) is 2.63. The van der Waals surface area contributed by atoms with Crippen molar-refractivity contribution < 1.29 is 9.18 Å². The maximum Gasteiger partial charge on any atom is 0.258 e. The van der Waals surface area contributed by atoms with Gasteiger partial charge in [-0.05, 0) is 50.9 Å². The monoisotopic (exact) mass is 352 g/mol. The fraction of sp³-hybridized carbons (Fsp3) is 0.412. The summed E-state index contributed by atoms with van der Waals surface area (Å²) in [5.74, 6) is -0.686. The van der Waals surface area contributed by atoms with E-state index in [0.29, 0.717) is 24.1 Å². The minimum Gasteiger partial charge on any atom is -0.319 e. The second-order valence-electron chi connectivity index (χ2n) is 6.79. The van der Waals surface area contributed by atoms with E-state index in [1.165, 1.54) is 6.20 Å². The van der Waals surface area contributed by atoms with Gasteiger partial charge in [0.1, 0.15) is 5.82 Å². The molecule has 2 N–H and O–H groups in total. The van der Waals surface area contributed by atoms with Crippen LogP contribution in [0.15, 0.2) is 24.5 Å². The first-order valence-electron chi connectivity index (χ1n) is 7.74. The van der Waals surface area contributed by atoms with Crippen molar-refractivity contribution in [3.05, 3.63) is 47.0 Å². The summed E-state index contributed by atoms with van der Waals surface area (Å²) in [6.07, 6.45) is 3.81. The maximum atomic E-state index is 14.6. The van der Waals surface area contributed by atoms with Gasteiger partial charge >= 0.3 is 0 Å². The molecule has 24 heavy (non-hydrogen) atoms. The van der Waals surface area contributed by atoms with Crippen molar-refractivity contribution in [3.8, 4) is 0 Å². The number of halogens is 2. The first kappa shape index (κ1) is 18.4. The number of nitrogens with one attached hydrogen (secondary N) is 2. The van der Waals surface area contributed by atoms with E-state index in [1.807, 2.05) is 26.8 Å². The number of benzene rings is 1. The van der Waals surface area contributed by atoms with E-state index in [-0.39, 0.29) is 35.4 Å². The van der Waals surface area contributed by atoms with Crippen LogP contribution in [0.4, 0.5) is 10.1 Å². The number of aromatic nitrogens is 2. The van der Waals surface area contributed by atoms with Crippen molar-refractivity contribution in [2.45, 2.75) is 39.3 Å². The Morgan fingerprint density at radius 3 is 2.79 bits per heavy atom. The SMILES string of the molecule is CC(C)(C)n1cc(C(=O)Nc2ccc3c(c2F)CCNC3)cn1.Cl. The lowest BCUT2D eigenvalue weighted by atomic mass is 9.99. The van der Waals surface area contributed by atoms with Gasteiger partial charge in [0, 0.05) is 12.7 Å². The molecule has 0 spiro atoms. The normalized spacial score (nSPS) is 13.8. The summed E-state index contributed by atoms with van der Waals surface area (Å²) < 4.78 is 16.3. The molecular weight excluding hydrogens is 331 g/mol. The molecule has 130 valence electrons. The number of rotatable bonds is 2. The molecule has 0 unspecified atom stereocenters. The Kier molecular flexibility index (Phi) is 5.30. The molecule has 0 saturated carbocycles. The van der Waals surface area contributed by atoms with Gasteiger partial charge in [-0.25, -0.2) is 4.39 Å². The van der Waals surface area contributed by atoms with Gasteiger partial charge in [-0.15, -0.1) is 12.4 Å². The molecule has 1 aliphatic rings. The van der Waals surface area contributed by atoms with Gasteiger partial charge in [0.15, 0.2) is 0 Å². The Hall–Kier alpha value is -1.92. The van der Waals surface area contributed by atoms with Crippen LogP contribution < -0.4 is 10.6 Å². The molecule has 0 bridgehead atoms. The first-order chi connectivity index (χ1) is 10.9. The molecule has 5 nitrogen and oxygen atoms in total. The van der Waals surface area contributed by atoms with E-state index in [0.717, 1.165) is 12.1 Å². The lowest BCUT2D eigenvalue weighted by Gasteiger charge is -2.19. The Balaban J connectivity index is 0.00000208.